The lowest BCUT2D eigenvalue weighted by Gasteiger charge is -2.35. The summed E-state index contributed by atoms with van der Waals surface area (Å²) >= 11 is 0. The van der Waals surface area contributed by atoms with E-state index in [-0.39, 0.29) is 28.4 Å². The fraction of sp³-hybridized carbons (Fsp3) is 0.526. The van der Waals surface area contributed by atoms with E-state index in [0.717, 1.165) is 0 Å². The fourth-order valence-electron chi connectivity index (χ4n) is 3.21. The van der Waals surface area contributed by atoms with Gasteiger partial charge in [-0.2, -0.15) is 0 Å². The average Bonchev–Trinajstić information content (AvgIpc) is 2.66. The summed E-state index contributed by atoms with van der Waals surface area (Å²) in [5.74, 6) is 0. The summed E-state index contributed by atoms with van der Waals surface area (Å²) in [5, 5.41) is 0.0840. The number of carbonyl (C=O) groups excluding carboxylic acids is 1. The van der Waals surface area contributed by atoms with Crippen molar-refractivity contribution in [1.82, 2.24) is 24.5 Å². The molecule has 0 saturated carbocycles. The van der Waals surface area contributed by atoms with Crippen LogP contribution in [0.25, 0.3) is 10.9 Å². The van der Waals surface area contributed by atoms with Crippen molar-refractivity contribution in [2.24, 2.45) is 0 Å². The number of aromatic amines is 2. The van der Waals surface area contributed by atoms with Crippen LogP contribution in [-0.2, 0) is 14.8 Å². The number of benzene rings is 1. The maximum atomic E-state index is 12.6. The summed E-state index contributed by atoms with van der Waals surface area (Å²) in [6.07, 6.45) is -0.347. The quantitative estimate of drug-likeness (QED) is 0.580. The predicted molar refractivity (Wildman–Crippen MR) is 115 cm³/mol. The van der Waals surface area contributed by atoms with Crippen LogP contribution in [0, 0.1) is 0 Å². The molecule has 3 rings (SSSR count). The highest BCUT2D eigenvalue weighted by atomic mass is 32.2. The van der Waals surface area contributed by atoms with E-state index in [4.69, 9.17) is 4.74 Å². The zero-order valence-corrected chi connectivity index (χ0v) is 18.5. The van der Waals surface area contributed by atoms with Crippen molar-refractivity contribution < 1.29 is 17.9 Å². The number of sulfonamides is 1. The zero-order chi connectivity index (χ0) is 22.8. The Morgan fingerprint density at radius 3 is 2.45 bits per heavy atom. The summed E-state index contributed by atoms with van der Waals surface area (Å²) in [6.45, 7) is 8.34. The molecule has 1 amide bonds. The van der Waals surface area contributed by atoms with Crippen molar-refractivity contribution in [2.75, 3.05) is 39.3 Å². The molecule has 1 fully saturated rings. The van der Waals surface area contributed by atoms with Crippen molar-refractivity contribution in [3.63, 3.8) is 0 Å². The van der Waals surface area contributed by atoms with Gasteiger partial charge in [0.15, 0.2) is 0 Å². The van der Waals surface area contributed by atoms with Gasteiger partial charge in [0, 0.05) is 39.3 Å². The van der Waals surface area contributed by atoms with E-state index in [2.05, 4.69) is 19.6 Å². The van der Waals surface area contributed by atoms with Gasteiger partial charge in [-0.25, -0.2) is 22.7 Å². The summed E-state index contributed by atoms with van der Waals surface area (Å²) in [7, 11) is -3.83. The number of rotatable bonds is 5. The minimum atomic E-state index is -3.83. The summed E-state index contributed by atoms with van der Waals surface area (Å²) in [6, 6.07) is 3.95. The number of piperazine rings is 1. The molecule has 0 spiro atoms. The molecular formula is C19H27N5O6S. The lowest BCUT2D eigenvalue weighted by Crippen LogP contribution is -2.51. The van der Waals surface area contributed by atoms with Gasteiger partial charge in [0.2, 0.25) is 10.0 Å². The Bertz CT molecular complexity index is 1170. The highest BCUT2D eigenvalue weighted by Crippen LogP contribution is 2.14. The molecule has 2 heterocycles. The van der Waals surface area contributed by atoms with Crippen molar-refractivity contribution in [2.45, 2.75) is 31.3 Å². The largest absolute Gasteiger partial charge is 0.444 e. The smallest absolute Gasteiger partial charge is 0.410 e. The van der Waals surface area contributed by atoms with Gasteiger partial charge in [-0.05, 0) is 39.0 Å². The van der Waals surface area contributed by atoms with E-state index >= 15 is 0 Å². The third-order valence-corrected chi connectivity index (χ3v) is 6.22. The first-order valence-corrected chi connectivity index (χ1v) is 11.4. The Labute approximate surface area is 179 Å². The van der Waals surface area contributed by atoms with Gasteiger partial charge in [-0.15, -0.1) is 0 Å². The molecule has 1 saturated heterocycles. The first kappa shape index (κ1) is 23.0. The van der Waals surface area contributed by atoms with Crippen LogP contribution in [0.3, 0.4) is 0 Å². The van der Waals surface area contributed by atoms with Crippen LogP contribution >= 0.6 is 0 Å². The van der Waals surface area contributed by atoms with Crippen LogP contribution in [0.5, 0.6) is 0 Å². The molecule has 0 unspecified atom stereocenters. The molecule has 1 aliphatic heterocycles. The number of nitrogens with zero attached hydrogens (tertiary/aromatic N) is 2. The normalized spacial score (nSPS) is 15.9. The van der Waals surface area contributed by atoms with Gasteiger partial charge in [-0.1, -0.05) is 0 Å². The number of H-pyrrole nitrogens is 2. The molecule has 0 aliphatic carbocycles. The van der Waals surface area contributed by atoms with Gasteiger partial charge >= 0.3 is 11.8 Å². The SMILES string of the molecule is CC(C)(C)OC(=O)N1CCN(CCNS(=O)(=O)c2ccc3[nH]c(=O)[nH]c(=O)c3c2)CC1. The van der Waals surface area contributed by atoms with E-state index < -0.39 is 26.9 Å². The number of nitrogens with one attached hydrogen (secondary N) is 3. The lowest BCUT2D eigenvalue weighted by molar-refractivity contribution is 0.0147. The molecule has 170 valence electrons. The monoisotopic (exact) mass is 453 g/mol. The summed E-state index contributed by atoms with van der Waals surface area (Å²) in [5.41, 5.74) is -1.60. The molecule has 1 aliphatic rings. The van der Waals surface area contributed by atoms with Crippen molar-refractivity contribution in [1.29, 1.82) is 0 Å². The Balaban J connectivity index is 1.54. The number of hydrogen-bond donors (Lipinski definition) is 3. The average molecular weight is 454 g/mol. The van der Waals surface area contributed by atoms with Gasteiger partial charge < -0.3 is 14.6 Å². The molecule has 3 N–H and O–H groups in total. The standard InChI is InChI=1S/C19H27N5O6S/c1-19(2,3)30-18(27)24-10-8-23(9-11-24)7-6-20-31(28,29)13-4-5-15-14(12-13)16(25)22-17(26)21-15/h4-5,12,20H,6-11H2,1-3H3,(H2,21,22,25,26). The van der Waals surface area contributed by atoms with Crippen LogP contribution in [-0.4, -0.2) is 79.1 Å². The Morgan fingerprint density at radius 1 is 1.13 bits per heavy atom. The third kappa shape index (κ3) is 5.93. The number of ether oxygens (including phenoxy) is 1. The molecule has 2 aromatic rings. The number of fused-ring (bicyclic) bond motifs is 1. The molecule has 1 aromatic carbocycles. The number of amides is 1. The Morgan fingerprint density at radius 2 is 1.81 bits per heavy atom. The molecular weight excluding hydrogens is 426 g/mol. The van der Waals surface area contributed by atoms with E-state index in [1.54, 1.807) is 4.90 Å². The van der Waals surface area contributed by atoms with Crippen LogP contribution in [0.1, 0.15) is 20.8 Å². The van der Waals surface area contributed by atoms with E-state index in [1.165, 1.54) is 18.2 Å². The zero-order valence-electron chi connectivity index (χ0n) is 17.7. The second kappa shape index (κ2) is 8.81. The highest BCUT2D eigenvalue weighted by Gasteiger charge is 2.26. The van der Waals surface area contributed by atoms with Crippen LogP contribution in [0.4, 0.5) is 4.79 Å². The number of aromatic nitrogens is 2. The predicted octanol–water partition coefficient (Wildman–Crippen LogP) is 0.0474. The topological polar surface area (TPSA) is 145 Å². The molecule has 12 heteroatoms. The van der Waals surface area contributed by atoms with Crippen LogP contribution in [0.2, 0.25) is 0 Å². The van der Waals surface area contributed by atoms with Crippen LogP contribution in [0.15, 0.2) is 32.7 Å². The van der Waals surface area contributed by atoms with Gasteiger partial charge in [0.25, 0.3) is 5.56 Å². The first-order valence-electron chi connectivity index (χ1n) is 9.91. The molecule has 0 atom stereocenters. The number of carbonyl (C=O) groups is 1. The lowest BCUT2D eigenvalue weighted by atomic mass is 10.2. The highest BCUT2D eigenvalue weighted by molar-refractivity contribution is 7.89. The van der Waals surface area contributed by atoms with Crippen molar-refractivity contribution in [3.8, 4) is 0 Å². The summed E-state index contributed by atoms with van der Waals surface area (Å²) in [4.78, 5) is 43.5. The first-order chi connectivity index (χ1) is 14.4. The maximum absolute atomic E-state index is 12.6. The minimum Gasteiger partial charge on any atom is -0.444 e. The second-order valence-corrected chi connectivity index (χ2v) is 10.1. The molecule has 31 heavy (non-hydrogen) atoms. The number of hydrogen-bond acceptors (Lipinski definition) is 7. The fourth-order valence-corrected chi connectivity index (χ4v) is 4.26. The van der Waals surface area contributed by atoms with E-state index in [0.29, 0.717) is 32.7 Å². The maximum Gasteiger partial charge on any atom is 0.410 e. The van der Waals surface area contributed by atoms with Crippen molar-refractivity contribution >= 4 is 27.0 Å². The third-order valence-electron chi connectivity index (χ3n) is 4.77. The van der Waals surface area contributed by atoms with E-state index in [1.807, 2.05) is 20.8 Å². The second-order valence-electron chi connectivity index (χ2n) is 8.32. The minimum absolute atomic E-state index is 0.0627. The molecule has 1 aromatic heterocycles. The molecule has 0 bridgehead atoms. The van der Waals surface area contributed by atoms with Gasteiger partial charge in [0.1, 0.15) is 5.60 Å². The Kier molecular flexibility index (Phi) is 6.53. The molecule has 0 radical (unpaired) electrons. The van der Waals surface area contributed by atoms with Crippen molar-refractivity contribution in [3.05, 3.63) is 39.0 Å². The Hall–Kier alpha value is -2.70. The summed E-state index contributed by atoms with van der Waals surface area (Å²) < 4.78 is 33.1. The molecule has 11 nitrogen and oxygen atoms in total. The van der Waals surface area contributed by atoms with E-state index in [9.17, 15) is 22.8 Å². The van der Waals surface area contributed by atoms with Gasteiger partial charge in [-0.3, -0.25) is 14.7 Å². The van der Waals surface area contributed by atoms with Gasteiger partial charge in [0.05, 0.1) is 15.8 Å². The van der Waals surface area contributed by atoms with Crippen LogP contribution < -0.4 is 16.0 Å².